The Hall–Kier alpha value is -6.16. The van der Waals surface area contributed by atoms with Crippen LogP contribution in [0.1, 0.15) is 44.0 Å². The minimum Gasteiger partial charge on any atom is -0.481 e. The van der Waals surface area contributed by atoms with Crippen molar-refractivity contribution in [2.75, 3.05) is 63.7 Å². The maximum atomic E-state index is 14.3. The number of halogens is 3. The monoisotopic (exact) mass is 1030 g/mol. The van der Waals surface area contributed by atoms with E-state index in [1.165, 1.54) is 70.8 Å². The highest BCUT2D eigenvalue weighted by molar-refractivity contribution is 8.00. The fourth-order valence-electron chi connectivity index (χ4n) is 5.32. The van der Waals surface area contributed by atoms with Crippen LogP contribution in [0.15, 0.2) is 56.2 Å². The van der Waals surface area contributed by atoms with Crippen molar-refractivity contribution < 1.29 is 41.4 Å². The normalized spacial score (nSPS) is 12.0. The standard InChI is InChI=1S/C15H15ClFN3O3S2.C15H18N6O6S.C8H14ClN5/c1-23-13(21)8-24-12-7-11(10(17)6-9(12)16)18-14-19-4-2-3-5-20(19)15(22)25-14;1-21(2)13(22)9-6-5-7-16-12(9)28(24,25)20-15(23)19-14-17-10(26-3)8-11(18-14)27-4;1-4-10-7-12-6(9)13-8(14-7)11-5(2)3/h6-7H,2-5,8H2,1H3;5-8H,1-4H3,(H2,17,18,19,20,23);5H,4H2,1-3H3,(H2,10,11,12,13,14). The van der Waals surface area contributed by atoms with Crippen molar-refractivity contribution >= 4 is 97.8 Å². The molecule has 23 nitrogen and oxygen atoms in total. The number of hydrogen-bond acceptors (Lipinski definition) is 20. The summed E-state index contributed by atoms with van der Waals surface area (Å²) in [4.78, 5) is 77.4. The lowest BCUT2D eigenvalue weighted by Crippen LogP contribution is -2.36. The molecular weight excluding hydrogens is 983 g/mol. The molecule has 6 rings (SSSR count). The predicted molar refractivity (Wildman–Crippen MR) is 250 cm³/mol. The number of fused-ring (bicyclic) bond motifs is 1. The van der Waals surface area contributed by atoms with Crippen LogP contribution >= 0.6 is 46.3 Å². The van der Waals surface area contributed by atoms with E-state index in [1.807, 2.05) is 20.8 Å². The molecule has 29 heteroatoms. The van der Waals surface area contributed by atoms with E-state index in [2.05, 4.69) is 55.6 Å². The van der Waals surface area contributed by atoms with E-state index in [4.69, 9.17) is 32.7 Å². The zero-order valence-electron chi connectivity index (χ0n) is 37.3. The highest BCUT2D eigenvalue weighted by Crippen LogP contribution is 2.33. The number of nitrogens with zero attached hydrogens (tertiary/aromatic N) is 10. The van der Waals surface area contributed by atoms with E-state index < -0.39 is 38.8 Å². The van der Waals surface area contributed by atoms with Crippen molar-refractivity contribution in [2.24, 2.45) is 4.99 Å². The van der Waals surface area contributed by atoms with Gasteiger partial charge in [0.05, 0.1) is 43.7 Å². The summed E-state index contributed by atoms with van der Waals surface area (Å²) in [5.74, 6) is -0.592. The molecule has 0 saturated carbocycles. The fourth-order valence-corrected chi connectivity index (χ4v) is 8.50. The molecule has 0 bridgehead atoms. The Bertz CT molecular complexity index is 2770. The molecule has 0 saturated heterocycles. The van der Waals surface area contributed by atoms with Gasteiger partial charge >= 0.3 is 16.9 Å². The molecule has 1 aliphatic rings. The first kappa shape index (κ1) is 53.5. The summed E-state index contributed by atoms with van der Waals surface area (Å²) in [5, 5.41) is 7.99. The number of benzene rings is 1. The molecule has 0 fully saturated rings. The van der Waals surface area contributed by atoms with Crippen molar-refractivity contribution in [1.29, 1.82) is 0 Å². The zero-order valence-corrected chi connectivity index (χ0v) is 41.3. The van der Waals surface area contributed by atoms with E-state index in [1.54, 1.807) is 14.1 Å². The van der Waals surface area contributed by atoms with Gasteiger partial charge in [-0.2, -0.15) is 33.3 Å². The number of amides is 3. The largest absolute Gasteiger partial charge is 0.481 e. The fraction of sp³-hybridized carbons (Fsp3) is 0.395. The molecule has 1 aromatic carbocycles. The lowest BCUT2D eigenvalue weighted by atomic mass is 10.2. The number of carbonyl (C=O) groups excluding carboxylic acids is 3. The van der Waals surface area contributed by atoms with Crippen molar-refractivity contribution in [3.63, 3.8) is 0 Å². The van der Waals surface area contributed by atoms with Crippen LogP contribution in [0.2, 0.25) is 10.3 Å². The second kappa shape index (κ2) is 25.1. The molecule has 67 heavy (non-hydrogen) atoms. The summed E-state index contributed by atoms with van der Waals surface area (Å²) in [5.41, 5.74) is -0.105. The van der Waals surface area contributed by atoms with Crippen molar-refractivity contribution in [3.05, 3.63) is 72.7 Å². The SMILES string of the molecule is CCNc1nc(Cl)nc(NC(C)C)n1.COC(=O)CSc1cc(N=c2sc(=O)n3n2CCCC3)c(F)cc1Cl.COc1cc(OC)nc(NC(=O)NS(=O)(=O)c2ncccc2C(=O)N(C)C)n1. The van der Waals surface area contributed by atoms with Crippen LogP contribution in [-0.2, 0) is 32.6 Å². The molecule has 5 heterocycles. The number of methoxy groups -OCH3 is 3. The summed E-state index contributed by atoms with van der Waals surface area (Å²) in [6, 6.07) is 5.81. The Kier molecular flexibility index (Phi) is 20.0. The van der Waals surface area contributed by atoms with Gasteiger partial charge in [0, 0.05) is 50.9 Å². The van der Waals surface area contributed by atoms with E-state index >= 15 is 0 Å². The Morgan fingerprint density at radius 3 is 2.24 bits per heavy atom. The number of aromatic nitrogens is 8. The van der Waals surface area contributed by atoms with Crippen LogP contribution in [0.25, 0.3) is 0 Å². The number of urea groups is 1. The van der Waals surface area contributed by atoms with E-state index in [-0.39, 0.29) is 55.9 Å². The van der Waals surface area contributed by atoms with E-state index in [0.717, 1.165) is 48.6 Å². The minimum absolute atomic E-state index is 0.0605. The van der Waals surface area contributed by atoms with Crippen LogP contribution in [0, 0.1) is 5.82 Å². The molecule has 0 radical (unpaired) electrons. The molecule has 0 unspecified atom stereocenters. The number of sulfonamides is 1. The zero-order chi connectivity index (χ0) is 49.4. The van der Waals surface area contributed by atoms with Gasteiger partial charge in [-0.05, 0) is 80.8 Å². The number of thioether (sulfide) groups is 1. The highest BCUT2D eigenvalue weighted by atomic mass is 35.5. The smallest absolute Gasteiger partial charge is 0.335 e. The lowest BCUT2D eigenvalue weighted by molar-refractivity contribution is -0.137. The van der Waals surface area contributed by atoms with Gasteiger partial charge in [-0.15, -0.1) is 11.8 Å². The van der Waals surface area contributed by atoms with Crippen LogP contribution in [0.4, 0.5) is 32.7 Å². The molecule has 0 spiro atoms. The van der Waals surface area contributed by atoms with Gasteiger partial charge in [0.1, 0.15) is 11.5 Å². The van der Waals surface area contributed by atoms with Crippen LogP contribution in [0.3, 0.4) is 0 Å². The summed E-state index contributed by atoms with van der Waals surface area (Å²) in [6.07, 6.45) is 3.08. The van der Waals surface area contributed by atoms with Crippen LogP contribution < -0.4 is 39.8 Å². The average molecular weight is 1030 g/mol. The third-order valence-electron chi connectivity index (χ3n) is 8.25. The summed E-state index contributed by atoms with van der Waals surface area (Å²) in [7, 11) is 2.45. The Balaban J connectivity index is 0.000000231. The van der Waals surface area contributed by atoms with Gasteiger partial charge in [-0.3, -0.25) is 24.4 Å². The number of ether oxygens (including phenoxy) is 3. The second-order valence-electron chi connectivity index (χ2n) is 13.8. The Labute approximate surface area is 402 Å². The first-order valence-corrected chi connectivity index (χ1v) is 23.8. The van der Waals surface area contributed by atoms with E-state index in [9.17, 15) is 32.0 Å². The summed E-state index contributed by atoms with van der Waals surface area (Å²) >= 11 is 13.9. The predicted octanol–water partition coefficient (Wildman–Crippen LogP) is 4.67. The van der Waals surface area contributed by atoms with Gasteiger partial charge in [0.15, 0.2) is 5.03 Å². The van der Waals surface area contributed by atoms with Crippen molar-refractivity contribution in [3.8, 4) is 11.8 Å². The number of nitrogens with one attached hydrogen (secondary N) is 4. The minimum atomic E-state index is -4.46. The number of hydrogen-bond donors (Lipinski definition) is 4. The second-order valence-corrected chi connectivity index (χ2v) is 18.1. The number of rotatable bonds is 14. The quantitative estimate of drug-likeness (QED) is 0.0868. The molecule has 362 valence electrons. The Morgan fingerprint density at radius 1 is 0.970 bits per heavy atom. The van der Waals surface area contributed by atoms with Gasteiger partial charge < -0.3 is 29.7 Å². The topological polar surface area (TPSA) is 281 Å². The van der Waals surface area contributed by atoms with Crippen LogP contribution in [-0.4, -0.2) is 124 Å². The van der Waals surface area contributed by atoms with Gasteiger partial charge in [0.2, 0.25) is 39.7 Å². The highest BCUT2D eigenvalue weighted by Gasteiger charge is 2.27. The number of carbonyl (C=O) groups is 3. The number of pyridine rings is 1. The van der Waals surface area contributed by atoms with Crippen LogP contribution in [0.5, 0.6) is 11.8 Å². The maximum absolute atomic E-state index is 14.3. The van der Waals surface area contributed by atoms with Gasteiger partial charge in [0.25, 0.3) is 15.9 Å². The van der Waals surface area contributed by atoms with Crippen molar-refractivity contribution in [1.82, 2.24) is 48.9 Å². The first-order chi connectivity index (χ1) is 31.8. The third kappa shape index (κ3) is 15.7. The molecule has 3 amide bonds. The lowest BCUT2D eigenvalue weighted by Gasteiger charge is -2.15. The molecular formula is C38H47Cl2FN14O9S3. The molecule has 1 aliphatic heterocycles. The number of esters is 1. The molecule has 4 aromatic heterocycles. The first-order valence-electron chi connectivity index (χ1n) is 19.7. The third-order valence-corrected chi connectivity index (χ3v) is 12.0. The Morgan fingerprint density at radius 2 is 1.63 bits per heavy atom. The number of anilines is 3. The van der Waals surface area contributed by atoms with Crippen molar-refractivity contribution in [2.45, 2.75) is 62.7 Å². The summed E-state index contributed by atoms with van der Waals surface area (Å²) in [6.45, 7) is 8.05. The summed E-state index contributed by atoms with van der Waals surface area (Å²) < 4.78 is 59.0. The van der Waals surface area contributed by atoms with Gasteiger partial charge in [-0.1, -0.05) is 11.6 Å². The molecule has 5 aromatic rings. The molecule has 0 atom stereocenters. The molecule has 0 aliphatic carbocycles. The maximum Gasteiger partial charge on any atom is 0.335 e. The molecule has 4 N–H and O–H groups in total. The van der Waals surface area contributed by atoms with Gasteiger partial charge in [-0.25, -0.2) is 28.6 Å². The average Bonchev–Trinajstić information content (AvgIpc) is 3.60. The van der Waals surface area contributed by atoms with E-state index in [0.29, 0.717) is 34.7 Å².